The van der Waals surface area contributed by atoms with E-state index in [1.165, 1.54) is 90.5 Å². The third kappa shape index (κ3) is 5.43. The van der Waals surface area contributed by atoms with E-state index in [2.05, 4.69) is 17.1 Å². The van der Waals surface area contributed by atoms with Gasteiger partial charge in [-0.3, -0.25) is 0 Å². The van der Waals surface area contributed by atoms with E-state index in [0.29, 0.717) is 0 Å². The van der Waals surface area contributed by atoms with E-state index in [1.807, 2.05) is 0 Å². The zero-order valence-corrected chi connectivity index (χ0v) is 13.0. The molecule has 0 radical (unpaired) electrons. The SMILES string of the molecule is CCCCCCCN1CCC(C2CCNCC2)CC1. The highest BCUT2D eigenvalue weighted by Crippen LogP contribution is 2.30. The average molecular weight is 266 g/mol. The van der Waals surface area contributed by atoms with E-state index in [4.69, 9.17) is 0 Å². The molecule has 2 heteroatoms. The van der Waals surface area contributed by atoms with Gasteiger partial charge in [-0.1, -0.05) is 32.6 Å². The Morgan fingerprint density at radius 3 is 2.16 bits per heavy atom. The van der Waals surface area contributed by atoms with Crippen LogP contribution < -0.4 is 5.32 Å². The van der Waals surface area contributed by atoms with Crippen molar-refractivity contribution in [2.45, 2.75) is 64.7 Å². The first-order valence-electron chi connectivity index (χ1n) is 8.83. The van der Waals surface area contributed by atoms with Crippen LogP contribution in [0.5, 0.6) is 0 Å². The minimum Gasteiger partial charge on any atom is -0.317 e. The smallest absolute Gasteiger partial charge is 0.00160 e. The van der Waals surface area contributed by atoms with Crippen LogP contribution in [0.15, 0.2) is 0 Å². The molecule has 112 valence electrons. The van der Waals surface area contributed by atoms with E-state index in [1.54, 1.807) is 0 Å². The molecule has 0 spiro atoms. The lowest BCUT2D eigenvalue weighted by atomic mass is 9.79. The molecule has 19 heavy (non-hydrogen) atoms. The molecule has 2 aliphatic rings. The van der Waals surface area contributed by atoms with Crippen LogP contribution in [-0.2, 0) is 0 Å². The molecule has 2 nitrogen and oxygen atoms in total. The number of rotatable bonds is 7. The molecular weight excluding hydrogens is 232 g/mol. The summed E-state index contributed by atoms with van der Waals surface area (Å²) >= 11 is 0. The number of nitrogens with one attached hydrogen (secondary N) is 1. The molecule has 0 aromatic heterocycles. The fourth-order valence-electron chi connectivity index (χ4n) is 3.90. The predicted octanol–water partition coefficient (Wildman–Crippen LogP) is 3.67. The van der Waals surface area contributed by atoms with Gasteiger partial charge >= 0.3 is 0 Å². The van der Waals surface area contributed by atoms with Crippen LogP contribution in [0.25, 0.3) is 0 Å². The van der Waals surface area contributed by atoms with E-state index in [-0.39, 0.29) is 0 Å². The summed E-state index contributed by atoms with van der Waals surface area (Å²) in [5.74, 6) is 2.08. The van der Waals surface area contributed by atoms with Crippen LogP contribution >= 0.6 is 0 Å². The van der Waals surface area contributed by atoms with Gasteiger partial charge in [0.1, 0.15) is 0 Å². The lowest BCUT2D eigenvalue weighted by Crippen LogP contribution is -2.39. The predicted molar refractivity (Wildman–Crippen MR) is 83.5 cm³/mol. The number of hydrogen-bond donors (Lipinski definition) is 1. The van der Waals surface area contributed by atoms with Gasteiger partial charge in [0.2, 0.25) is 0 Å². The third-order valence-electron chi connectivity index (χ3n) is 5.26. The zero-order valence-electron chi connectivity index (χ0n) is 13.0. The van der Waals surface area contributed by atoms with Gasteiger partial charge in [-0.15, -0.1) is 0 Å². The van der Waals surface area contributed by atoms with Crippen molar-refractivity contribution in [3.63, 3.8) is 0 Å². The summed E-state index contributed by atoms with van der Waals surface area (Å²) in [6.07, 6.45) is 12.9. The molecule has 0 aliphatic carbocycles. The maximum atomic E-state index is 3.50. The lowest BCUT2D eigenvalue weighted by molar-refractivity contribution is 0.129. The lowest BCUT2D eigenvalue weighted by Gasteiger charge is -2.37. The van der Waals surface area contributed by atoms with Crippen molar-refractivity contribution < 1.29 is 0 Å². The normalized spacial score (nSPS) is 23.8. The van der Waals surface area contributed by atoms with Crippen LogP contribution in [0.4, 0.5) is 0 Å². The average Bonchev–Trinajstić information content (AvgIpc) is 2.49. The van der Waals surface area contributed by atoms with Crippen LogP contribution in [-0.4, -0.2) is 37.6 Å². The largest absolute Gasteiger partial charge is 0.317 e. The van der Waals surface area contributed by atoms with Crippen LogP contribution in [0, 0.1) is 11.8 Å². The summed E-state index contributed by atoms with van der Waals surface area (Å²) < 4.78 is 0. The fourth-order valence-corrected chi connectivity index (χ4v) is 3.90. The molecular formula is C17H34N2. The van der Waals surface area contributed by atoms with E-state index >= 15 is 0 Å². The molecule has 2 aliphatic heterocycles. The molecule has 2 heterocycles. The maximum absolute atomic E-state index is 3.50. The van der Waals surface area contributed by atoms with Crippen LogP contribution in [0.3, 0.4) is 0 Å². The van der Waals surface area contributed by atoms with E-state index in [0.717, 1.165) is 11.8 Å². The second-order valence-electron chi connectivity index (χ2n) is 6.68. The first-order chi connectivity index (χ1) is 9.40. The fraction of sp³-hybridized carbons (Fsp3) is 1.00. The first kappa shape index (κ1) is 15.3. The Morgan fingerprint density at radius 2 is 1.47 bits per heavy atom. The molecule has 0 unspecified atom stereocenters. The van der Waals surface area contributed by atoms with Gasteiger partial charge in [-0.2, -0.15) is 0 Å². The Balaban J connectivity index is 1.54. The van der Waals surface area contributed by atoms with Crippen molar-refractivity contribution in [2.75, 3.05) is 32.7 Å². The highest BCUT2D eigenvalue weighted by Gasteiger charge is 2.27. The molecule has 0 bridgehead atoms. The van der Waals surface area contributed by atoms with Crippen LogP contribution in [0.1, 0.15) is 64.7 Å². The van der Waals surface area contributed by atoms with Crippen molar-refractivity contribution >= 4 is 0 Å². The van der Waals surface area contributed by atoms with Gasteiger partial charge in [0, 0.05) is 0 Å². The molecule has 2 rings (SSSR count). The zero-order chi connectivity index (χ0) is 13.3. The Morgan fingerprint density at radius 1 is 0.842 bits per heavy atom. The number of piperidine rings is 2. The number of unbranched alkanes of at least 4 members (excludes halogenated alkanes) is 4. The maximum Gasteiger partial charge on any atom is -0.00160 e. The van der Waals surface area contributed by atoms with Crippen LogP contribution in [0.2, 0.25) is 0 Å². The van der Waals surface area contributed by atoms with Crippen molar-refractivity contribution in [3.8, 4) is 0 Å². The summed E-state index contributed by atoms with van der Waals surface area (Å²) in [7, 11) is 0. The van der Waals surface area contributed by atoms with Gasteiger partial charge in [-0.05, 0) is 76.7 Å². The standard InChI is InChI=1S/C17H34N2/c1-2-3-4-5-6-13-19-14-9-17(10-15-19)16-7-11-18-12-8-16/h16-18H,2-15H2,1H3. The highest BCUT2D eigenvalue weighted by atomic mass is 15.1. The quantitative estimate of drug-likeness (QED) is 0.707. The van der Waals surface area contributed by atoms with Gasteiger partial charge in [0.25, 0.3) is 0 Å². The van der Waals surface area contributed by atoms with Crippen molar-refractivity contribution in [1.82, 2.24) is 10.2 Å². The summed E-state index contributed by atoms with van der Waals surface area (Å²) in [6, 6.07) is 0. The van der Waals surface area contributed by atoms with E-state index in [9.17, 15) is 0 Å². The monoisotopic (exact) mass is 266 g/mol. The molecule has 1 N–H and O–H groups in total. The molecule has 0 saturated carbocycles. The van der Waals surface area contributed by atoms with Gasteiger partial charge < -0.3 is 10.2 Å². The summed E-state index contributed by atoms with van der Waals surface area (Å²) in [5.41, 5.74) is 0. The minimum atomic E-state index is 1.04. The van der Waals surface area contributed by atoms with Gasteiger partial charge in [0.15, 0.2) is 0 Å². The number of nitrogens with zero attached hydrogens (tertiary/aromatic N) is 1. The topological polar surface area (TPSA) is 15.3 Å². The van der Waals surface area contributed by atoms with Crippen molar-refractivity contribution in [1.29, 1.82) is 0 Å². The number of likely N-dealkylation sites (tertiary alicyclic amines) is 1. The molecule has 0 atom stereocenters. The van der Waals surface area contributed by atoms with Crippen molar-refractivity contribution in [2.24, 2.45) is 11.8 Å². The molecule has 0 aromatic carbocycles. The summed E-state index contributed by atoms with van der Waals surface area (Å²) in [4.78, 5) is 2.73. The Bertz CT molecular complexity index is 215. The Hall–Kier alpha value is -0.0800. The Kier molecular flexibility index (Phi) is 7.23. The molecule has 2 fully saturated rings. The third-order valence-corrected chi connectivity index (χ3v) is 5.26. The Labute approximate surface area is 120 Å². The van der Waals surface area contributed by atoms with Gasteiger partial charge in [-0.25, -0.2) is 0 Å². The number of hydrogen-bond acceptors (Lipinski definition) is 2. The summed E-state index contributed by atoms with van der Waals surface area (Å²) in [5, 5.41) is 3.50. The second-order valence-corrected chi connectivity index (χ2v) is 6.68. The van der Waals surface area contributed by atoms with Gasteiger partial charge in [0.05, 0.1) is 0 Å². The van der Waals surface area contributed by atoms with E-state index < -0.39 is 0 Å². The first-order valence-corrected chi connectivity index (χ1v) is 8.83. The summed E-state index contributed by atoms with van der Waals surface area (Å²) in [6.45, 7) is 8.95. The highest BCUT2D eigenvalue weighted by molar-refractivity contribution is 4.81. The molecule has 2 saturated heterocycles. The minimum absolute atomic E-state index is 1.04. The molecule has 0 aromatic rings. The van der Waals surface area contributed by atoms with Crippen molar-refractivity contribution in [3.05, 3.63) is 0 Å². The second kappa shape index (κ2) is 8.97. The molecule has 0 amide bonds.